The third-order valence-electron chi connectivity index (χ3n) is 6.66. The number of fused-ring (bicyclic) bond motifs is 2. The molecule has 0 unspecified atom stereocenters. The Bertz CT molecular complexity index is 1070. The molecule has 4 rings (SSSR count). The van der Waals surface area contributed by atoms with E-state index in [1.165, 1.54) is 4.57 Å². The molecular formula is C23H27N3O3. The Morgan fingerprint density at radius 2 is 1.97 bits per heavy atom. The first-order valence-electron chi connectivity index (χ1n) is 10.2. The number of benzene rings is 1. The van der Waals surface area contributed by atoms with E-state index in [1.54, 1.807) is 18.9 Å². The van der Waals surface area contributed by atoms with Crippen molar-refractivity contribution in [1.82, 2.24) is 9.47 Å². The molecule has 1 fully saturated rings. The second kappa shape index (κ2) is 6.87. The number of anilines is 1. The minimum Gasteiger partial charge on any atom is -0.334 e. The van der Waals surface area contributed by atoms with Gasteiger partial charge in [0.1, 0.15) is 5.56 Å². The fourth-order valence-electron chi connectivity index (χ4n) is 5.10. The maximum Gasteiger partial charge on any atom is 0.263 e. The summed E-state index contributed by atoms with van der Waals surface area (Å²) >= 11 is 0. The third kappa shape index (κ3) is 2.65. The normalized spacial score (nSPS) is 22.8. The average Bonchev–Trinajstić information content (AvgIpc) is 3.20. The maximum absolute atomic E-state index is 13.6. The summed E-state index contributed by atoms with van der Waals surface area (Å²) in [4.78, 5) is 41.4. The van der Waals surface area contributed by atoms with Crippen LogP contribution in [-0.4, -0.2) is 33.9 Å². The van der Waals surface area contributed by atoms with E-state index in [-0.39, 0.29) is 29.0 Å². The topological polar surface area (TPSA) is 71.4 Å². The molecular weight excluding hydrogens is 366 g/mol. The van der Waals surface area contributed by atoms with Gasteiger partial charge in [0.2, 0.25) is 5.91 Å². The van der Waals surface area contributed by atoms with Crippen molar-refractivity contribution in [3.8, 4) is 0 Å². The van der Waals surface area contributed by atoms with Crippen molar-refractivity contribution in [2.75, 3.05) is 11.9 Å². The van der Waals surface area contributed by atoms with Crippen molar-refractivity contribution in [1.29, 1.82) is 0 Å². The fourth-order valence-corrected chi connectivity index (χ4v) is 5.10. The molecule has 1 N–H and O–H groups in total. The van der Waals surface area contributed by atoms with Crippen molar-refractivity contribution >= 4 is 17.5 Å². The lowest BCUT2D eigenvalue weighted by Crippen LogP contribution is -2.49. The summed E-state index contributed by atoms with van der Waals surface area (Å²) in [5.41, 5.74) is 2.48. The van der Waals surface area contributed by atoms with Gasteiger partial charge in [-0.3, -0.25) is 14.4 Å². The average molecular weight is 393 g/mol. The summed E-state index contributed by atoms with van der Waals surface area (Å²) in [7, 11) is 1.68. The van der Waals surface area contributed by atoms with Crippen LogP contribution in [0.1, 0.15) is 53.4 Å². The van der Waals surface area contributed by atoms with Gasteiger partial charge in [0.05, 0.1) is 11.5 Å². The van der Waals surface area contributed by atoms with Gasteiger partial charge < -0.3 is 14.8 Å². The molecule has 1 saturated heterocycles. The van der Waals surface area contributed by atoms with Crippen LogP contribution >= 0.6 is 0 Å². The van der Waals surface area contributed by atoms with Gasteiger partial charge in [0.15, 0.2) is 0 Å². The highest BCUT2D eigenvalue weighted by molar-refractivity contribution is 6.08. The number of likely N-dealkylation sites (tertiary alicyclic amines) is 1. The quantitative estimate of drug-likeness (QED) is 0.872. The Kier molecular flexibility index (Phi) is 4.60. The zero-order valence-corrected chi connectivity index (χ0v) is 17.4. The second-order valence-electron chi connectivity index (χ2n) is 8.23. The molecule has 0 radical (unpaired) electrons. The first-order chi connectivity index (χ1) is 13.8. The molecule has 0 saturated carbocycles. The molecule has 1 aromatic carbocycles. The van der Waals surface area contributed by atoms with E-state index in [1.807, 2.05) is 37.3 Å². The zero-order chi connectivity index (χ0) is 20.9. The van der Waals surface area contributed by atoms with E-state index in [2.05, 4.69) is 12.2 Å². The van der Waals surface area contributed by atoms with E-state index in [0.29, 0.717) is 24.9 Å². The second-order valence-corrected chi connectivity index (χ2v) is 8.23. The highest BCUT2D eigenvalue weighted by Gasteiger charge is 2.58. The Morgan fingerprint density at radius 3 is 2.69 bits per heavy atom. The number of aromatic nitrogens is 1. The number of pyridine rings is 1. The van der Waals surface area contributed by atoms with E-state index in [0.717, 1.165) is 23.4 Å². The van der Waals surface area contributed by atoms with Crippen LogP contribution in [0.4, 0.5) is 5.69 Å². The van der Waals surface area contributed by atoms with Gasteiger partial charge >= 0.3 is 0 Å². The molecule has 152 valence electrons. The van der Waals surface area contributed by atoms with Gasteiger partial charge in [0, 0.05) is 25.0 Å². The Balaban J connectivity index is 1.81. The number of aryl methyl sites for hydroxylation is 2. The highest BCUT2D eigenvalue weighted by atomic mass is 16.2. The minimum absolute atomic E-state index is 0.0408. The number of hydrogen-bond donors (Lipinski definition) is 1. The highest BCUT2D eigenvalue weighted by Crippen LogP contribution is 2.49. The van der Waals surface area contributed by atoms with E-state index in [9.17, 15) is 14.4 Å². The Labute approximate surface area is 170 Å². The van der Waals surface area contributed by atoms with Crippen molar-refractivity contribution in [2.45, 2.75) is 51.5 Å². The standard InChI is InChI=1S/C23H27N3O3/c1-5-8-18-23(16-9-6-7-10-17(16)24-22(23)29)11-12-26(18)21(28)19-14(2)13-15(3)25(4)20(19)27/h6-7,9-10,13,18H,5,8,11-12H2,1-4H3,(H,24,29)/t18-,23+/m0/s1. The van der Waals surface area contributed by atoms with E-state index in [4.69, 9.17) is 0 Å². The molecule has 2 aliphatic rings. The Morgan fingerprint density at radius 1 is 1.24 bits per heavy atom. The molecule has 2 aliphatic heterocycles. The van der Waals surface area contributed by atoms with Crippen LogP contribution in [0.25, 0.3) is 0 Å². The number of carbonyl (C=O) groups is 2. The number of hydrogen-bond acceptors (Lipinski definition) is 3. The van der Waals surface area contributed by atoms with Crippen LogP contribution < -0.4 is 10.9 Å². The first-order valence-corrected chi connectivity index (χ1v) is 10.2. The van der Waals surface area contributed by atoms with Crippen molar-refractivity contribution in [3.05, 3.63) is 63.1 Å². The largest absolute Gasteiger partial charge is 0.334 e. The van der Waals surface area contributed by atoms with Crippen LogP contribution in [0.3, 0.4) is 0 Å². The Hall–Kier alpha value is -2.89. The molecule has 29 heavy (non-hydrogen) atoms. The van der Waals surface area contributed by atoms with Gasteiger partial charge in [-0.05, 0) is 49.9 Å². The van der Waals surface area contributed by atoms with Gasteiger partial charge in [-0.1, -0.05) is 31.5 Å². The zero-order valence-electron chi connectivity index (χ0n) is 17.4. The molecule has 2 aromatic rings. The predicted octanol–water partition coefficient (Wildman–Crippen LogP) is 2.91. The van der Waals surface area contributed by atoms with Crippen molar-refractivity contribution < 1.29 is 9.59 Å². The summed E-state index contributed by atoms with van der Waals surface area (Å²) < 4.78 is 1.51. The molecule has 2 amide bonds. The molecule has 3 heterocycles. The number of amides is 2. The van der Waals surface area contributed by atoms with Crippen LogP contribution in [0.15, 0.2) is 35.1 Å². The SMILES string of the molecule is CCC[C@@H]1N(C(=O)c2c(C)cc(C)n(C)c2=O)CC[C@]12C(=O)Nc1ccccc12. The number of nitrogens with one attached hydrogen (secondary N) is 1. The van der Waals surface area contributed by atoms with Gasteiger partial charge in [-0.25, -0.2) is 0 Å². The van der Waals surface area contributed by atoms with Gasteiger partial charge in [-0.2, -0.15) is 0 Å². The fraction of sp³-hybridized carbons (Fsp3) is 0.435. The molecule has 0 bridgehead atoms. The first kappa shape index (κ1) is 19.4. The molecule has 6 heteroatoms. The monoisotopic (exact) mass is 393 g/mol. The summed E-state index contributed by atoms with van der Waals surface area (Å²) in [5, 5.41) is 3.01. The smallest absolute Gasteiger partial charge is 0.263 e. The van der Waals surface area contributed by atoms with Crippen LogP contribution in [0.5, 0.6) is 0 Å². The maximum atomic E-state index is 13.6. The van der Waals surface area contributed by atoms with Crippen LogP contribution in [-0.2, 0) is 17.3 Å². The van der Waals surface area contributed by atoms with E-state index < -0.39 is 5.41 Å². The molecule has 1 aromatic heterocycles. The summed E-state index contributed by atoms with van der Waals surface area (Å²) in [6.45, 7) is 6.18. The lowest BCUT2D eigenvalue weighted by molar-refractivity contribution is -0.121. The number of carbonyl (C=O) groups excluding carboxylic acids is 2. The van der Waals surface area contributed by atoms with E-state index >= 15 is 0 Å². The molecule has 6 nitrogen and oxygen atoms in total. The van der Waals surface area contributed by atoms with Crippen molar-refractivity contribution in [3.63, 3.8) is 0 Å². The summed E-state index contributed by atoms with van der Waals surface area (Å²) in [5.74, 6) is -0.309. The molecule has 2 atom stereocenters. The number of para-hydroxylation sites is 1. The number of nitrogens with zero attached hydrogens (tertiary/aromatic N) is 2. The van der Waals surface area contributed by atoms with Crippen molar-refractivity contribution in [2.24, 2.45) is 7.05 Å². The van der Waals surface area contributed by atoms with Gasteiger partial charge in [-0.15, -0.1) is 0 Å². The third-order valence-corrected chi connectivity index (χ3v) is 6.66. The minimum atomic E-state index is -0.744. The van der Waals surface area contributed by atoms with Gasteiger partial charge in [0.25, 0.3) is 11.5 Å². The summed E-state index contributed by atoms with van der Waals surface area (Å²) in [6, 6.07) is 9.34. The number of rotatable bonds is 3. The molecule has 1 spiro atoms. The van der Waals surface area contributed by atoms with Crippen LogP contribution in [0, 0.1) is 13.8 Å². The lowest BCUT2D eigenvalue weighted by atomic mass is 9.73. The summed E-state index contributed by atoms with van der Waals surface area (Å²) in [6.07, 6.45) is 2.12. The van der Waals surface area contributed by atoms with Crippen LogP contribution in [0.2, 0.25) is 0 Å². The molecule has 0 aliphatic carbocycles. The predicted molar refractivity (Wildman–Crippen MR) is 112 cm³/mol. The lowest BCUT2D eigenvalue weighted by Gasteiger charge is -2.34.